The monoisotopic (exact) mass is 206 g/mol. The topological polar surface area (TPSA) is 34.1 Å². The van der Waals surface area contributed by atoms with Gasteiger partial charge < -0.3 is 0 Å². The van der Waals surface area contributed by atoms with E-state index >= 15 is 0 Å². The molecule has 2 heteroatoms. The van der Waals surface area contributed by atoms with Gasteiger partial charge in [0.1, 0.15) is 11.6 Å². The third-order valence-corrected chi connectivity index (χ3v) is 2.46. The van der Waals surface area contributed by atoms with Crippen LogP contribution in [0.15, 0.2) is 23.8 Å². The van der Waals surface area contributed by atoms with Crippen molar-refractivity contribution in [2.75, 3.05) is 0 Å². The Kier molecular flexibility index (Phi) is 5.02. The maximum absolute atomic E-state index is 11.4. The zero-order chi connectivity index (χ0) is 11.1. The van der Waals surface area contributed by atoms with Crippen LogP contribution in [0.25, 0.3) is 0 Å². The lowest BCUT2D eigenvalue weighted by molar-refractivity contribution is -0.125. The van der Waals surface area contributed by atoms with Gasteiger partial charge in [-0.3, -0.25) is 9.59 Å². The summed E-state index contributed by atoms with van der Waals surface area (Å²) in [5.41, 5.74) is 1.16. The Morgan fingerprint density at radius 1 is 1.33 bits per heavy atom. The Hall–Kier alpha value is -1.18. The van der Waals surface area contributed by atoms with Crippen molar-refractivity contribution in [2.24, 2.45) is 0 Å². The summed E-state index contributed by atoms with van der Waals surface area (Å²) in [6, 6.07) is 0. The van der Waals surface area contributed by atoms with Gasteiger partial charge in [-0.05, 0) is 32.6 Å². The first kappa shape index (κ1) is 11.9. The van der Waals surface area contributed by atoms with E-state index in [0.717, 1.165) is 24.8 Å². The smallest absolute Gasteiger partial charge is 0.144 e. The van der Waals surface area contributed by atoms with Gasteiger partial charge in [-0.15, -0.1) is 0 Å². The summed E-state index contributed by atoms with van der Waals surface area (Å²) in [7, 11) is 0. The fourth-order valence-corrected chi connectivity index (χ4v) is 1.74. The summed E-state index contributed by atoms with van der Waals surface area (Å²) >= 11 is 0. The largest absolute Gasteiger partial charge is 0.300 e. The Labute approximate surface area is 91.1 Å². The molecule has 82 valence electrons. The molecule has 0 aliphatic heterocycles. The van der Waals surface area contributed by atoms with Crippen molar-refractivity contribution in [2.45, 2.75) is 45.4 Å². The molecule has 1 aliphatic carbocycles. The number of Topliss-reactive ketones (excluding diaryl/α,β-unsaturated/α-hetero) is 2. The number of hydrogen-bond donors (Lipinski definition) is 0. The minimum Gasteiger partial charge on any atom is -0.300 e. The molecule has 15 heavy (non-hydrogen) atoms. The van der Waals surface area contributed by atoms with Crippen molar-refractivity contribution in [3.63, 3.8) is 0 Å². The second kappa shape index (κ2) is 6.33. The molecular weight excluding hydrogens is 188 g/mol. The van der Waals surface area contributed by atoms with Crippen LogP contribution in [0.2, 0.25) is 0 Å². The fourth-order valence-electron chi connectivity index (χ4n) is 1.74. The van der Waals surface area contributed by atoms with Crippen molar-refractivity contribution in [3.05, 3.63) is 23.8 Å². The zero-order valence-electron chi connectivity index (χ0n) is 9.29. The SMILES string of the molecule is CC(=O)CC(=O)C/C1=C/C=C\CCCC1. The first-order valence-electron chi connectivity index (χ1n) is 5.54. The van der Waals surface area contributed by atoms with Gasteiger partial charge in [-0.2, -0.15) is 0 Å². The molecule has 0 aromatic rings. The second-order valence-corrected chi connectivity index (χ2v) is 4.09. The third kappa shape index (κ3) is 5.31. The first-order chi connectivity index (χ1) is 7.18. The van der Waals surface area contributed by atoms with E-state index in [1.54, 1.807) is 0 Å². The van der Waals surface area contributed by atoms with Gasteiger partial charge in [0.15, 0.2) is 0 Å². The molecule has 0 heterocycles. The van der Waals surface area contributed by atoms with Crippen LogP contribution in [0.4, 0.5) is 0 Å². The summed E-state index contributed by atoms with van der Waals surface area (Å²) in [5.74, 6) is 0.00436. The van der Waals surface area contributed by atoms with Crippen molar-refractivity contribution in [1.29, 1.82) is 0 Å². The fraction of sp³-hybridized carbons (Fsp3) is 0.538. The molecule has 0 bridgehead atoms. The maximum Gasteiger partial charge on any atom is 0.144 e. The van der Waals surface area contributed by atoms with E-state index in [9.17, 15) is 9.59 Å². The van der Waals surface area contributed by atoms with Gasteiger partial charge in [-0.1, -0.05) is 23.8 Å². The number of ketones is 2. The van der Waals surface area contributed by atoms with Gasteiger partial charge in [0.25, 0.3) is 0 Å². The molecule has 0 atom stereocenters. The predicted molar refractivity (Wildman–Crippen MR) is 60.6 cm³/mol. The minimum atomic E-state index is -0.0398. The summed E-state index contributed by atoms with van der Waals surface area (Å²) < 4.78 is 0. The number of rotatable bonds is 4. The van der Waals surface area contributed by atoms with Crippen LogP contribution in [-0.2, 0) is 9.59 Å². The molecule has 0 amide bonds. The maximum atomic E-state index is 11.4. The number of allylic oxidation sites excluding steroid dienone is 4. The van der Waals surface area contributed by atoms with E-state index in [-0.39, 0.29) is 18.0 Å². The second-order valence-electron chi connectivity index (χ2n) is 4.09. The van der Waals surface area contributed by atoms with Crippen molar-refractivity contribution < 1.29 is 9.59 Å². The van der Waals surface area contributed by atoms with Crippen LogP contribution in [-0.4, -0.2) is 11.6 Å². The Morgan fingerprint density at radius 3 is 2.87 bits per heavy atom. The normalized spacial score (nSPS) is 22.1. The molecule has 0 saturated heterocycles. The Bertz CT molecular complexity index is 298. The van der Waals surface area contributed by atoms with E-state index < -0.39 is 0 Å². The van der Waals surface area contributed by atoms with Gasteiger partial charge in [-0.25, -0.2) is 0 Å². The molecule has 0 aromatic carbocycles. The lowest BCUT2D eigenvalue weighted by Crippen LogP contribution is -2.05. The van der Waals surface area contributed by atoms with Crippen LogP contribution < -0.4 is 0 Å². The van der Waals surface area contributed by atoms with Crippen LogP contribution >= 0.6 is 0 Å². The van der Waals surface area contributed by atoms with Crippen LogP contribution in [0, 0.1) is 0 Å². The number of carbonyl (C=O) groups is 2. The molecule has 0 radical (unpaired) electrons. The van der Waals surface area contributed by atoms with E-state index in [2.05, 4.69) is 6.08 Å². The molecule has 0 fully saturated rings. The third-order valence-electron chi connectivity index (χ3n) is 2.46. The van der Waals surface area contributed by atoms with Gasteiger partial charge >= 0.3 is 0 Å². The van der Waals surface area contributed by atoms with Crippen molar-refractivity contribution in [3.8, 4) is 0 Å². The zero-order valence-corrected chi connectivity index (χ0v) is 9.29. The van der Waals surface area contributed by atoms with Crippen LogP contribution in [0.1, 0.15) is 45.4 Å². The summed E-state index contributed by atoms with van der Waals surface area (Å²) in [5, 5.41) is 0. The Morgan fingerprint density at radius 2 is 2.13 bits per heavy atom. The van der Waals surface area contributed by atoms with Gasteiger partial charge in [0, 0.05) is 6.42 Å². The quantitative estimate of drug-likeness (QED) is 0.663. The highest BCUT2D eigenvalue weighted by molar-refractivity contribution is 5.98. The molecule has 1 rings (SSSR count). The van der Waals surface area contributed by atoms with E-state index in [0.29, 0.717) is 6.42 Å². The van der Waals surface area contributed by atoms with E-state index in [4.69, 9.17) is 0 Å². The highest BCUT2D eigenvalue weighted by Gasteiger charge is 2.08. The lowest BCUT2D eigenvalue weighted by Gasteiger charge is -2.07. The molecular formula is C13H18O2. The van der Waals surface area contributed by atoms with Crippen molar-refractivity contribution in [1.82, 2.24) is 0 Å². The number of hydrogen-bond acceptors (Lipinski definition) is 2. The predicted octanol–water partition coefficient (Wildman–Crippen LogP) is 2.98. The lowest BCUT2D eigenvalue weighted by atomic mass is 9.98. The summed E-state index contributed by atoms with van der Waals surface area (Å²) in [6.07, 6.45) is 11.2. The number of carbonyl (C=O) groups excluding carboxylic acids is 2. The van der Waals surface area contributed by atoms with E-state index in [1.807, 2.05) is 12.2 Å². The molecule has 2 nitrogen and oxygen atoms in total. The minimum absolute atomic E-state index is 0.0398. The molecule has 0 saturated carbocycles. The van der Waals surface area contributed by atoms with Gasteiger partial charge in [0.2, 0.25) is 0 Å². The molecule has 0 unspecified atom stereocenters. The van der Waals surface area contributed by atoms with Crippen LogP contribution in [0.5, 0.6) is 0 Å². The standard InChI is InChI=1S/C13H18O2/c1-11(14)9-13(15)10-12-7-5-3-2-4-6-8-12/h3,5,7H,2,4,6,8-10H2,1H3/b5-3-,12-7+. The van der Waals surface area contributed by atoms with Crippen LogP contribution in [0.3, 0.4) is 0 Å². The molecule has 0 N–H and O–H groups in total. The highest BCUT2D eigenvalue weighted by atomic mass is 16.1. The Balaban J connectivity index is 2.47. The molecule has 1 aliphatic rings. The van der Waals surface area contributed by atoms with Gasteiger partial charge in [0.05, 0.1) is 6.42 Å². The summed E-state index contributed by atoms with van der Waals surface area (Å²) in [4.78, 5) is 22.2. The summed E-state index contributed by atoms with van der Waals surface area (Å²) in [6.45, 7) is 1.46. The first-order valence-corrected chi connectivity index (χ1v) is 5.54. The molecule has 0 spiro atoms. The molecule has 0 aromatic heterocycles. The average molecular weight is 206 g/mol. The van der Waals surface area contributed by atoms with E-state index in [1.165, 1.54) is 13.3 Å². The van der Waals surface area contributed by atoms with Crippen molar-refractivity contribution >= 4 is 11.6 Å². The average Bonchev–Trinajstić information content (AvgIpc) is 2.08. The highest BCUT2D eigenvalue weighted by Crippen LogP contribution is 2.16.